The molecule has 0 saturated carbocycles. The molecule has 84 valence electrons. The Morgan fingerprint density at radius 3 is 3.00 bits per heavy atom. The van der Waals surface area contributed by atoms with Gasteiger partial charge in [-0.15, -0.1) is 0 Å². The number of aliphatic hydroxyl groups is 1. The van der Waals surface area contributed by atoms with Crippen LogP contribution in [-0.4, -0.2) is 16.2 Å². The monoisotopic (exact) mass is 218 g/mol. The predicted molar refractivity (Wildman–Crippen MR) is 58.3 cm³/mol. The Balaban J connectivity index is 2.29. The highest BCUT2D eigenvalue weighted by Gasteiger charge is 2.51. The SMILES string of the molecule is O=C(O)[C@@]12CCCc3cccc(c31)[C@H](O)C2. The average molecular weight is 218 g/mol. The minimum atomic E-state index is -0.816. The van der Waals surface area contributed by atoms with E-state index in [0.717, 1.165) is 29.5 Å². The van der Waals surface area contributed by atoms with Gasteiger partial charge in [0.2, 0.25) is 0 Å². The van der Waals surface area contributed by atoms with Gasteiger partial charge in [0.15, 0.2) is 0 Å². The van der Waals surface area contributed by atoms with Gasteiger partial charge in [0.05, 0.1) is 11.5 Å². The number of aryl methyl sites for hydroxylation is 1. The minimum Gasteiger partial charge on any atom is -0.481 e. The molecule has 16 heavy (non-hydrogen) atoms. The number of benzene rings is 1. The lowest BCUT2D eigenvalue weighted by Gasteiger charge is -2.31. The summed E-state index contributed by atoms with van der Waals surface area (Å²) in [6, 6.07) is 5.77. The summed E-state index contributed by atoms with van der Waals surface area (Å²) in [5.74, 6) is -0.780. The van der Waals surface area contributed by atoms with Crippen LogP contribution in [0.5, 0.6) is 0 Å². The lowest BCUT2D eigenvalue weighted by molar-refractivity contribution is -0.145. The van der Waals surface area contributed by atoms with Crippen LogP contribution in [0.2, 0.25) is 0 Å². The maximum Gasteiger partial charge on any atom is 0.314 e. The van der Waals surface area contributed by atoms with Crippen LogP contribution in [0.25, 0.3) is 0 Å². The van der Waals surface area contributed by atoms with Crippen molar-refractivity contribution in [3.05, 3.63) is 34.9 Å². The summed E-state index contributed by atoms with van der Waals surface area (Å²) in [5, 5.41) is 19.5. The van der Waals surface area contributed by atoms with E-state index in [2.05, 4.69) is 0 Å². The number of carbonyl (C=O) groups is 1. The molecule has 0 bridgehead atoms. The molecule has 0 saturated heterocycles. The maximum atomic E-state index is 11.5. The highest BCUT2D eigenvalue weighted by atomic mass is 16.4. The maximum absolute atomic E-state index is 11.5. The van der Waals surface area contributed by atoms with E-state index in [0.29, 0.717) is 12.8 Å². The third-order valence-corrected chi connectivity index (χ3v) is 4.02. The van der Waals surface area contributed by atoms with Crippen LogP contribution in [0.4, 0.5) is 0 Å². The fourth-order valence-corrected chi connectivity index (χ4v) is 3.34. The van der Waals surface area contributed by atoms with Crippen LogP contribution in [-0.2, 0) is 16.6 Å². The lowest BCUT2D eigenvalue weighted by atomic mass is 9.71. The molecule has 3 nitrogen and oxygen atoms in total. The molecule has 1 aromatic rings. The van der Waals surface area contributed by atoms with E-state index in [9.17, 15) is 15.0 Å². The fraction of sp³-hybridized carbons (Fsp3) is 0.462. The molecule has 0 radical (unpaired) electrons. The van der Waals surface area contributed by atoms with Crippen LogP contribution < -0.4 is 0 Å². The van der Waals surface area contributed by atoms with E-state index < -0.39 is 17.5 Å². The fourth-order valence-electron chi connectivity index (χ4n) is 3.34. The van der Waals surface area contributed by atoms with Gasteiger partial charge in [-0.2, -0.15) is 0 Å². The normalized spacial score (nSPS) is 31.2. The Morgan fingerprint density at radius 1 is 1.44 bits per heavy atom. The summed E-state index contributed by atoms with van der Waals surface area (Å²) in [5.41, 5.74) is 2.03. The van der Waals surface area contributed by atoms with E-state index in [1.54, 1.807) is 0 Å². The van der Waals surface area contributed by atoms with Crippen molar-refractivity contribution in [1.29, 1.82) is 0 Å². The Kier molecular flexibility index (Phi) is 1.89. The zero-order chi connectivity index (χ0) is 11.3. The van der Waals surface area contributed by atoms with Gasteiger partial charge >= 0.3 is 5.97 Å². The number of carboxylic acid groups (broad SMARTS) is 1. The summed E-state index contributed by atoms with van der Waals surface area (Å²) in [7, 11) is 0. The quantitative estimate of drug-likeness (QED) is 0.755. The van der Waals surface area contributed by atoms with Crippen LogP contribution >= 0.6 is 0 Å². The second-order valence-electron chi connectivity index (χ2n) is 4.84. The molecule has 2 aliphatic rings. The zero-order valence-corrected chi connectivity index (χ0v) is 8.94. The van der Waals surface area contributed by atoms with Gasteiger partial charge in [-0.3, -0.25) is 4.79 Å². The number of aliphatic carboxylic acids is 1. The van der Waals surface area contributed by atoms with Crippen molar-refractivity contribution in [1.82, 2.24) is 0 Å². The highest BCUT2D eigenvalue weighted by Crippen LogP contribution is 2.51. The molecule has 0 heterocycles. The second-order valence-corrected chi connectivity index (χ2v) is 4.84. The van der Waals surface area contributed by atoms with Crippen molar-refractivity contribution in [3.63, 3.8) is 0 Å². The van der Waals surface area contributed by atoms with Gasteiger partial charge in [0.1, 0.15) is 0 Å². The third-order valence-electron chi connectivity index (χ3n) is 4.02. The van der Waals surface area contributed by atoms with Gasteiger partial charge in [-0.1, -0.05) is 18.2 Å². The first-order valence-corrected chi connectivity index (χ1v) is 5.69. The molecular formula is C13H14O3. The number of hydrogen-bond donors (Lipinski definition) is 2. The second kappa shape index (κ2) is 3.08. The molecule has 3 heteroatoms. The Hall–Kier alpha value is -1.35. The van der Waals surface area contributed by atoms with Crippen molar-refractivity contribution in [2.75, 3.05) is 0 Å². The minimum absolute atomic E-state index is 0.342. The van der Waals surface area contributed by atoms with E-state index >= 15 is 0 Å². The van der Waals surface area contributed by atoms with Crippen LogP contribution in [0.15, 0.2) is 18.2 Å². The third kappa shape index (κ3) is 1.04. The van der Waals surface area contributed by atoms with Crippen molar-refractivity contribution >= 4 is 5.97 Å². The predicted octanol–water partition coefficient (Wildman–Crippen LogP) is 1.78. The molecule has 2 N–H and O–H groups in total. The molecule has 2 aliphatic carbocycles. The van der Waals surface area contributed by atoms with Crippen LogP contribution in [0.1, 0.15) is 42.1 Å². The van der Waals surface area contributed by atoms with Crippen LogP contribution in [0, 0.1) is 0 Å². The van der Waals surface area contributed by atoms with Gasteiger partial charge in [0, 0.05) is 0 Å². The van der Waals surface area contributed by atoms with Crippen LogP contribution in [0.3, 0.4) is 0 Å². The highest BCUT2D eigenvalue weighted by molar-refractivity contribution is 5.84. The van der Waals surface area contributed by atoms with Crippen molar-refractivity contribution in [2.45, 2.75) is 37.2 Å². The molecule has 3 rings (SSSR count). The molecule has 0 spiro atoms. The van der Waals surface area contributed by atoms with E-state index in [1.165, 1.54) is 0 Å². The first kappa shape index (κ1) is 9.85. The molecule has 0 amide bonds. The van der Waals surface area contributed by atoms with E-state index in [-0.39, 0.29) is 0 Å². The molecule has 0 fully saturated rings. The van der Waals surface area contributed by atoms with Crippen molar-refractivity contribution in [3.8, 4) is 0 Å². The number of rotatable bonds is 1. The van der Waals surface area contributed by atoms with Gasteiger partial charge in [-0.05, 0) is 42.4 Å². The van der Waals surface area contributed by atoms with E-state index in [1.807, 2.05) is 18.2 Å². The molecule has 0 aliphatic heterocycles. The zero-order valence-electron chi connectivity index (χ0n) is 8.94. The molecular weight excluding hydrogens is 204 g/mol. The Morgan fingerprint density at radius 2 is 2.25 bits per heavy atom. The van der Waals surface area contributed by atoms with Crippen molar-refractivity contribution in [2.24, 2.45) is 0 Å². The molecule has 0 aromatic heterocycles. The summed E-state index contributed by atoms with van der Waals surface area (Å²) in [6.45, 7) is 0. The number of carboxylic acids is 1. The van der Waals surface area contributed by atoms with Gasteiger partial charge in [0.25, 0.3) is 0 Å². The Bertz CT molecular complexity index is 466. The summed E-state index contributed by atoms with van der Waals surface area (Å²) in [4.78, 5) is 11.5. The average Bonchev–Trinajstić information content (AvgIpc) is 2.56. The number of aliphatic hydroxyl groups excluding tert-OH is 1. The van der Waals surface area contributed by atoms with Gasteiger partial charge < -0.3 is 10.2 Å². The molecule has 2 atom stereocenters. The first-order chi connectivity index (χ1) is 7.65. The molecule has 0 unspecified atom stereocenters. The smallest absolute Gasteiger partial charge is 0.314 e. The topological polar surface area (TPSA) is 57.5 Å². The summed E-state index contributed by atoms with van der Waals surface area (Å²) in [6.07, 6.45) is 2.22. The van der Waals surface area contributed by atoms with E-state index in [4.69, 9.17) is 0 Å². The standard InChI is InChI=1S/C13H14O3/c14-10-7-13(12(15)16)6-2-4-8-3-1-5-9(10)11(8)13/h1,3,5,10,14H,2,4,6-7H2,(H,15,16)/t10-,13-/m1/s1. The van der Waals surface area contributed by atoms with Crippen molar-refractivity contribution < 1.29 is 15.0 Å². The summed E-state index contributed by atoms with van der Waals surface area (Å²) < 4.78 is 0. The first-order valence-electron chi connectivity index (χ1n) is 5.69. The largest absolute Gasteiger partial charge is 0.481 e. The summed E-state index contributed by atoms with van der Waals surface area (Å²) >= 11 is 0. The Labute approximate surface area is 93.7 Å². The molecule has 1 aromatic carbocycles. The lowest BCUT2D eigenvalue weighted by Crippen LogP contribution is -2.36. The number of hydrogen-bond acceptors (Lipinski definition) is 2. The van der Waals surface area contributed by atoms with Gasteiger partial charge in [-0.25, -0.2) is 0 Å².